The molecular weight excluding hydrogens is 464 g/mol. The summed E-state index contributed by atoms with van der Waals surface area (Å²) in [4.78, 5) is 27.6. The molecule has 0 unspecified atom stereocenters. The van der Waals surface area contributed by atoms with Gasteiger partial charge in [-0.15, -0.1) is 0 Å². The Kier molecular flexibility index (Phi) is 7.17. The predicted octanol–water partition coefficient (Wildman–Crippen LogP) is 6.20. The van der Waals surface area contributed by atoms with Crippen LogP contribution in [-0.4, -0.2) is 45.4 Å². The summed E-state index contributed by atoms with van der Waals surface area (Å²) in [6.45, 7) is 8.61. The minimum Gasteiger partial charge on any atom is -0.444 e. The zero-order valence-corrected chi connectivity index (χ0v) is 21.3. The molecule has 2 aromatic carbocycles. The number of rotatable bonds is 4. The molecule has 1 aliphatic heterocycles. The second kappa shape index (κ2) is 10.1. The first-order valence-corrected chi connectivity index (χ1v) is 12.2. The van der Waals surface area contributed by atoms with Crippen molar-refractivity contribution in [2.75, 3.05) is 18.4 Å². The van der Waals surface area contributed by atoms with Crippen LogP contribution < -0.4 is 5.32 Å². The Balaban J connectivity index is 1.65. The quantitative estimate of drug-likeness (QED) is 0.468. The zero-order chi connectivity index (χ0) is 25.2. The minimum atomic E-state index is -0.542. The van der Waals surface area contributed by atoms with Gasteiger partial charge >= 0.3 is 6.09 Å². The van der Waals surface area contributed by atoms with Crippen LogP contribution in [0.3, 0.4) is 0 Å². The van der Waals surface area contributed by atoms with Crippen LogP contribution >= 0.6 is 11.6 Å². The molecule has 0 saturated carbocycles. The average molecular weight is 495 g/mol. The van der Waals surface area contributed by atoms with Gasteiger partial charge in [0.15, 0.2) is 0 Å². The Labute approximate surface area is 211 Å². The van der Waals surface area contributed by atoms with Gasteiger partial charge in [0.2, 0.25) is 0 Å². The van der Waals surface area contributed by atoms with Crippen molar-refractivity contribution in [3.8, 4) is 5.69 Å². The van der Waals surface area contributed by atoms with E-state index in [0.29, 0.717) is 36.5 Å². The Morgan fingerprint density at radius 1 is 1.06 bits per heavy atom. The number of aromatic nitrogens is 2. The van der Waals surface area contributed by atoms with E-state index in [1.54, 1.807) is 11.1 Å². The molecule has 8 heteroatoms. The smallest absolute Gasteiger partial charge is 0.410 e. The molecule has 0 radical (unpaired) electrons. The molecule has 4 rings (SSSR count). The first kappa shape index (κ1) is 24.8. The largest absolute Gasteiger partial charge is 0.444 e. The maximum Gasteiger partial charge on any atom is 0.410 e. The number of carbonyl (C=O) groups excluding carboxylic acids is 2. The van der Waals surface area contributed by atoms with Gasteiger partial charge in [-0.05, 0) is 70.4 Å². The number of benzene rings is 2. The van der Waals surface area contributed by atoms with Crippen LogP contribution in [0.5, 0.6) is 0 Å². The molecule has 35 heavy (non-hydrogen) atoms. The topological polar surface area (TPSA) is 76.5 Å². The summed E-state index contributed by atoms with van der Waals surface area (Å²) in [7, 11) is 0. The summed E-state index contributed by atoms with van der Waals surface area (Å²) in [6.07, 6.45) is 2.69. The number of likely N-dealkylation sites (tertiary alicyclic amines) is 1. The molecule has 1 N–H and O–H groups in total. The van der Waals surface area contributed by atoms with Crippen molar-refractivity contribution in [2.24, 2.45) is 0 Å². The van der Waals surface area contributed by atoms with Gasteiger partial charge in [0, 0.05) is 29.7 Å². The van der Waals surface area contributed by atoms with E-state index in [2.05, 4.69) is 10.4 Å². The molecule has 1 fully saturated rings. The molecule has 1 aliphatic rings. The lowest BCUT2D eigenvalue weighted by atomic mass is 9.90. The summed E-state index contributed by atoms with van der Waals surface area (Å²) in [5.74, 6) is -0.183. The lowest BCUT2D eigenvalue weighted by Gasteiger charge is -2.34. The third kappa shape index (κ3) is 5.68. The molecule has 0 atom stereocenters. The Bertz CT molecular complexity index is 1210. The molecule has 3 aromatic rings. The maximum atomic E-state index is 13.3. The molecule has 1 aromatic heterocycles. The summed E-state index contributed by atoms with van der Waals surface area (Å²) in [5.41, 5.74) is 3.24. The minimum absolute atomic E-state index is 0.0334. The molecule has 1 saturated heterocycles. The van der Waals surface area contributed by atoms with Crippen molar-refractivity contribution < 1.29 is 14.3 Å². The van der Waals surface area contributed by atoms with Gasteiger partial charge in [0.05, 0.1) is 23.1 Å². The number of piperidine rings is 1. The monoisotopic (exact) mass is 494 g/mol. The molecule has 2 heterocycles. The fourth-order valence-electron chi connectivity index (χ4n) is 4.33. The van der Waals surface area contributed by atoms with Gasteiger partial charge in [-0.25, -0.2) is 9.48 Å². The van der Waals surface area contributed by atoms with Crippen LogP contribution in [0.15, 0.2) is 54.7 Å². The van der Waals surface area contributed by atoms with Gasteiger partial charge in [0.25, 0.3) is 5.91 Å². The average Bonchev–Trinajstić information content (AvgIpc) is 3.25. The highest BCUT2D eigenvalue weighted by molar-refractivity contribution is 6.31. The number of anilines is 1. The number of amides is 2. The van der Waals surface area contributed by atoms with E-state index in [0.717, 1.165) is 22.6 Å². The molecule has 0 bridgehead atoms. The lowest BCUT2D eigenvalue weighted by molar-refractivity contribution is 0.0203. The molecule has 184 valence electrons. The van der Waals surface area contributed by atoms with Crippen molar-refractivity contribution >= 4 is 29.3 Å². The number of nitrogens with zero attached hydrogens (tertiary/aromatic N) is 3. The number of halogens is 1. The van der Waals surface area contributed by atoms with Crippen LogP contribution in [0, 0.1) is 6.92 Å². The van der Waals surface area contributed by atoms with E-state index in [1.807, 2.05) is 80.9 Å². The standard InChI is InChI=1S/C27H31ClN4O3/c1-18-22(28)11-8-12-23(18)32-24(19-13-15-31(16-14-19)26(34)35-27(2,3)4)21(17-29-32)25(33)30-20-9-6-5-7-10-20/h5-12,17,19H,13-16H2,1-4H3,(H,30,33). The summed E-state index contributed by atoms with van der Waals surface area (Å²) in [6, 6.07) is 15.0. The first-order chi connectivity index (χ1) is 16.6. The van der Waals surface area contributed by atoms with E-state index in [9.17, 15) is 9.59 Å². The highest BCUT2D eigenvalue weighted by Crippen LogP contribution is 2.34. The molecule has 2 amide bonds. The summed E-state index contributed by atoms with van der Waals surface area (Å²) < 4.78 is 7.37. The van der Waals surface area contributed by atoms with Gasteiger partial charge in [-0.2, -0.15) is 5.10 Å². The number of hydrogen-bond acceptors (Lipinski definition) is 4. The maximum absolute atomic E-state index is 13.3. The third-order valence-electron chi connectivity index (χ3n) is 6.08. The number of nitrogens with one attached hydrogen (secondary N) is 1. The summed E-state index contributed by atoms with van der Waals surface area (Å²) in [5, 5.41) is 8.24. The van der Waals surface area contributed by atoms with E-state index >= 15 is 0 Å². The SMILES string of the molecule is Cc1c(Cl)cccc1-n1ncc(C(=O)Nc2ccccc2)c1C1CCN(C(=O)OC(C)(C)C)CC1. The summed E-state index contributed by atoms with van der Waals surface area (Å²) >= 11 is 6.41. The van der Waals surface area contributed by atoms with Crippen molar-refractivity contribution in [3.63, 3.8) is 0 Å². The van der Waals surface area contributed by atoms with Gasteiger partial charge < -0.3 is 15.0 Å². The van der Waals surface area contributed by atoms with Crippen molar-refractivity contribution in [3.05, 3.63) is 76.6 Å². The van der Waals surface area contributed by atoms with Gasteiger partial charge in [-0.1, -0.05) is 35.9 Å². The van der Waals surface area contributed by atoms with Gasteiger partial charge in [0.1, 0.15) is 5.60 Å². The Morgan fingerprint density at radius 2 is 1.74 bits per heavy atom. The highest BCUT2D eigenvalue weighted by Gasteiger charge is 2.32. The van der Waals surface area contributed by atoms with Crippen LogP contribution in [0.2, 0.25) is 5.02 Å². The van der Waals surface area contributed by atoms with E-state index in [1.165, 1.54) is 0 Å². The fraction of sp³-hybridized carbons (Fsp3) is 0.370. The van der Waals surface area contributed by atoms with Crippen molar-refractivity contribution in [2.45, 2.75) is 52.1 Å². The van der Waals surface area contributed by atoms with Gasteiger partial charge in [-0.3, -0.25) is 4.79 Å². The van der Waals surface area contributed by atoms with Crippen LogP contribution in [0.25, 0.3) is 5.69 Å². The highest BCUT2D eigenvalue weighted by atomic mass is 35.5. The zero-order valence-electron chi connectivity index (χ0n) is 20.5. The molecular formula is C27H31ClN4O3. The molecule has 0 aliphatic carbocycles. The normalized spacial score (nSPS) is 14.6. The van der Waals surface area contributed by atoms with Crippen molar-refractivity contribution in [1.29, 1.82) is 0 Å². The van der Waals surface area contributed by atoms with Crippen LogP contribution in [-0.2, 0) is 4.74 Å². The molecule has 7 nitrogen and oxygen atoms in total. The number of carbonyl (C=O) groups is 2. The van der Waals surface area contributed by atoms with Crippen LogP contribution in [0.4, 0.5) is 10.5 Å². The Morgan fingerprint density at radius 3 is 2.40 bits per heavy atom. The lowest BCUT2D eigenvalue weighted by Crippen LogP contribution is -2.41. The number of para-hydroxylation sites is 1. The second-order valence-electron chi connectivity index (χ2n) is 9.80. The first-order valence-electron chi connectivity index (χ1n) is 11.8. The predicted molar refractivity (Wildman–Crippen MR) is 137 cm³/mol. The number of hydrogen-bond donors (Lipinski definition) is 1. The van der Waals surface area contributed by atoms with E-state index < -0.39 is 5.60 Å². The third-order valence-corrected chi connectivity index (χ3v) is 6.49. The second-order valence-corrected chi connectivity index (χ2v) is 10.2. The van der Waals surface area contributed by atoms with E-state index in [4.69, 9.17) is 16.3 Å². The van der Waals surface area contributed by atoms with Crippen molar-refractivity contribution in [1.82, 2.24) is 14.7 Å². The number of ether oxygens (including phenoxy) is 1. The van der Waals surface area contributed by atoms with Crippen LogP contribution in [0.1, 0.15) is 61.1 Å². The Hall–Kier alpha value is -3.32. The van der Waals surface area contributed by atoms with E-state index in [-0.39, 0.29) is 17.9 Å². The molecule has 0 spiro atoms. The fourth-order valence-corrected chi connectivity index (χ4v) is 4.49.